The third-order valence-corrected chi connectivity index (χ3v) is 9.45. The van der Waals surface area contributed by atoms with Gasteiger partial charge in [-0.2, -0.15) is 0 Å². The number of rotatable bonds is 8. The molecule has 1 aromatic carbocycles. The van der Waals surface area contributed by atoms with E-state index in [4.69, 9.17) is 14.2 Å². The van der Waals surface area contributed by atoms with E-state index in [1.54, 1.807) is 39.0 Å². The number of carbonyl (C=O) groups is 5. The van der Waals surface area contributed by atoms with Crippen molar-refractivity contribution < 1.29 is 42.6 Å². The zero-order valence-electron chi connectivity index (χ0n) is 26.8. The fourth-order valence-corrected chi connectivity index (χ4v) is 6.71. The molecule has 2 aliphatic carbocycles. The monoisotopic (exact) mass is 642 g/mol. The van der Waals surface area contributed by atoms with Gasteiger partial charge in [0.05, 0.1) is 20.2 Å². The van der Waals surface area contributed by atoms with Crippen LogP contribution in [0.2, 0.25) is 0 Å². The normalized spacial score (nSPS) is 26.2. The highest BCUT2D eigenvalue weighted by Gasteiger charge is 2.62. The average Bonchev–Trinajstić information content (AvgIpc) is 3.42. The van der Waals surface area contributed by atoms with Crippen LogP contribution in [0.4, 0.5) is 14.0 Å². The van der Waals surface area contributed by atoms with Crippen LogP contribution in [0.1, 0.15) is 70.4 Å². The summed E-state index contributed by atoms with van der Waals surface area (Å²) in [5.41, 5.74) is -1.01. The van der Waals surface area contributed by atoms with E-state index in [0.717, 1.165) is 25.7 Å². The fourth-order valence-electron chi connectivity index (χ4n) is 6.71. The van der Waals surface area contributed by atoms with Crippen molar-refractivity contribution in [1.29, 1.82) is 0 Å². The number of esters is 1. The van der Waals surface area contributed by atoms with Crippen LogP contribution in [0, 0.1) is 17.2 Å². The van der Waals surface area contributed by atoms with E-state index >= 15 is 0 Å². The van der Waals surface area contributed by atoms with Gasteiger partial charge >= 0.3 is 18.2 Å². The predicted molar refractivity (Wildman–Crippen MR) is 162 cm³/mol. The molecule has 12 nitrogen and oxygen atoms in total. The number of fused-ring (bicyclic) bond motifs is 1. The van der Waals surface area contributed by atoms with E-state index in [9.17, 15) is 28.4 Å². The van der Waals surface area contributed by atoms with Crippen LogP contribution in [-0.2, 0) is 41.7 Å². The van der Waals surface area contributed by atoms with E-state index in [0.29, 0.717) is 17.5 Å². The predicted octanol–water partition coefficient (Wildman–Crippen LogP) is 3.56. The van der Waals surface area contributed by atoms with Crippen LogP contribution < -0.4 is 10.6 Å². The Bertz CT molecular complexity index is 1410. The maximum atomic E-state index is 14.3. The van der Waals surface area contributed by atoms with Crippen LogP contribution in [0.5, 0.6) is 0 Å². The minimum Gasteiger partial charge on any atom is -0.467 e. The molecule has 4 amide bonds. The quantitative estimate of drug-likeness (QED) is 0.249. The summed E-state index contributed by atoms with van der Waals surface area (Å²) in [6, 6.07) is 2.43. The molecule has 0 spiro atoms. The summed E-state index contributed by atoms with van der Waals surface area (Å²) in [6.07, 6.45) is 2.68. The van der Waals surface area contributed by atoms with Gasteiger partial charge in [0.2, 0.25) is 11.8 Å². The van der Waals surface area contributed by atoms with Crippen molar-refractivity contribution in [2.24, 2.45) is 11.3 Å². The summed E-state index contributed by atoms with van der Waals surface area (Å²) in [6.45, 7) is 9.14. The molecule has 0 bridgehead atoms. The van der Waals surface area contributed by atoms with E-state index in [1.165, 1.54) is 23.0 Å². The van der Waals surface area contributed by atoms with E-state index in [-0.39, 0.29) is 38.1 Å². The Hall–Kier alpha value is -4.16. The second-order valence-corrected chi connectivity index (χ2v) is 13.7. The Balaban J connectivity index is 1.35. The molecule has 4 aliphatic rings. The van der Waals surface area contributed by atoms with Crippen LogP contribution >= 0.6 is 0 Å². The lowest BCUT2D eigenvalue weighted by Gasteiger charge is -2.35. The van der Waals surface area contributed by atoms with Gasteiger partial charge in [0.15, 0.2) is 0 Å². The number of hydrogen-bond acceptors (Lipinski definition) is 8. The van der Waals surface area contributed by atoms with Gasteiger partial charge in [-0.15, -0.1) is 6.58 Å². The van der Waals surface area contributed by atoms with Crippen LogP contribution in [0.15, 0.2) is 30.9 Å². The number of amides is 4. The van der Waals surface area contributed by atoms with Gasteiger partial charge in [0.1, 0.15) is 35.6 Å². The molecule has 0 radical (unpaired) electrons. The fraction of sp³-hybridized carbons (Fsp3) is 0.606. The van der Waals surface area contributed by atoms with Crippen molar-refractivity contribution in [3.63, 3.8) is 0 Å². The zero-order chi connectivity index (χ0) is 33.4. The Labute approximate surface area is 268 Å². The summed E-state index contributed by atoms with van der Waals surface area (Å²) in [7, 11) is 1.22. The van der Waals surface area contributed by atoms with Crippen LogP contribution in [-0.4, -0.2) is 83.3 Å². The highest BCUT2D eigenvalue weighted by Crippen LogP contribution is 2.45. The van der Waals surface area contributed by atoms with E-state index in [2.05, 4.69) is 17.2 Å². The molecule has 3 fully saturated rings. The SMILES string of the molecule is C=CC1CC1(NC(=O)C1CC(OC(=O)N2Cc3cccc(F)c3C2)CN1C(=O)C(NC(=O)OC1CCCC1)C(C)(C)C)C(=O)OC. The number of carbonyl (C=O) groups excluding carboxylic acids is 5. The van der Waals surface area contributed by atoms with Crippen molar-refractivity contribution in [1.82, 2.24) is 20.4 Å². The summed E-state index contributed by atoms with van der Waals surface area (Å²) in [5.74, 6) is -2.58. The van der Waals surface area contributed by atoms with Gasteiger partial charge < -0.3 is 29.7 Å². The third-order valence-electron chi connectivity index (χ3n) is 9.45. The number of hydrogen-bond donors (Lipinski definition) is 2. The van der Waals surface area contributed by atoms with Crippen molar-refractivity contribution >= 4 is 30.0 Å². The van der Waals surface area contributed by atoms with Crippen molar-refractivity contribution in [2.45, 2.75) is 102 Å². The number of halogens is 1. The minimum absolute atomic E-state index is 0.0316. The lowest BCUT2D eigenvalue weighted by molar-refractivity contribution is -0.148. The number of nitrogens with one attached hydrogen (secondary N) is 2. The minimum atomic E-state index is -1.31. The number of benzene rings is 1. The second-order valence-electron chi connectivity index (χ2n) is 13.7. The molecule has 0 aromatic heterocycles. The average molecular weight is 643 g/mol. The lowest BCUT2D eigenvalue weighted by atomic mass is 9.85. The van der Waals surface area contributed by atoms with Gasteiger partial charge in [-0.25, -0.2) is 18.8 Å². The van der Waals surface area contributed by atoms with E-state index in [1.807, 2.05) is 0 Å². The van der Waals surface area contributed by atoms with Gasteiger partial charge in [-0.05, 0) is 49.1 Å². The van der Waals surface area contributed by atoms with Gasteiger partial charge in [0, 0.05) is 24.4 Å². The topological polar surface area (TPSA) is 144 Å². The Morgan fingerprint density at radius 1 is 1.09 bits per heavy atom. The highest BCUT2D eigenvalue weighted by molar-refractivity contribution is 5.96. The molecule has 2 saturated carbocycles. The molecule has 13 heteroatoms. The van der Waals surface area contributed by atoms with E-state index < -0.39 is 64.9 Å². The largest absolute Gasteiger partial charge is 0.467 e. The Kier molecular flexibility index (Phi) is 9.33. The standard InChI is InChI=1S/C33H43FN4O8/c1-6-20-15-33(20,29(41)44-5)36-27(39)25-14-22(46-31(43)37-16-19-10-9-13-24(34)23(19)18-37)17-38(25)28(40)26(32(2,3)4)35-30(42)45-21-11-7-8-12-21/h6,9-10,13,20-22,25-26H,1,7-8,11-12,14-18H2,2-5H3,(H,35,42)(H,36,39). The van der Waals surface area contributed by atoms with Crippen molar-refractivity contribution in [3.8, 4) is 0 Å². The smallest absolute Gasteiger partial charge is 0.410 e. The zero-order valence-corrected chi connectivity index (χ0v) is 26.8. The first kappa shape index (κ1) is 33.2. The summed E-state index contributed by atoms with van der Waals surface area (Å²) < 4.78 is 30.6. The molecular formula is C33H43FN4O8. The number of likely N-dealkylation sites (tertiary alicyclic amines) is 1. The summed E-state index contributed by atoms with van der Waals surface area (Å²) in [5, 5.41) is 5.49. The molecule has 2 heterocycles. The molecule has 250 valence electrons. The Morgan fingerprint density at radius 3 is 2.41 bits per heavy atom. The van der Waals surface area contributed by atoms with Gasteiger partial charge in [-0.3, -0.25) is 14.5 Å². The number of nitrogens with zero attached hydrogens (tertiary/aromatic N) is 2. The lowest BCUT2D eigenvalue weighted by Crippen LogP contribution is -2.59. The number of alkyl carbamates (subject to hydrolysis) is 1. The molecule has 2 N–H and O–H groups in total. The van der Waals surface area contributed by atoms with Crippen molar-refractivity contribution in [2.75, 3.05) is 13.7 Å². The first-order valence-electron chi connectivity index (χ1n) is 15.8. The first-order valence-corrected chi connectivity index (χ1v) is 15.8. The van der Waals surface area contributed by atoms with Crippen molar-refractivity contribution in [3.05, 3.63) is 47.8 Å². The molecule has 1 aromatic rings. The molecular weight excluding hydrogens is 599 g/mol. The van der Waals surface area contributed by atoms with Gasteiger partial charge in [0.25, 0.3) is 0 Å². The summed E-state index contributed by atoms with van der Waals surface area (Å²) in [4.78, 5) is 69.5. The third kappa shape index (κ3) is 6.68. The molecule has 1 saturated heterocycles. The van der Waals surface area contributed by atoms with Crippen LogP contribution in [0.3, 0.4) is 0 Å². The Morgan fingerprint density at radius 2 is 1.80 bits per heavy atom. The molecule has 5 unspecified atom stereocenters. The van der Waals surface area contributed by atoms with Gasteiger partial charge in [-0.1, -0.05) is 39.0 Å². The molecule has 46 heavy (non-hydrogen) atoms. The molecule has 2 aliphatic heterocycles. The molecule has 5 atom stereocenters. The maximum absolute atomic E-state index is 14.3. The molecule has 5 rings (SSSR count). The number of methoxy groups -OCH3 is 1. The second kappa shape index (κ2) is 12.9. The highest BCUT2D eigenvalue weighted by atomic mass is 19.1. The number of ether oxygens (including phenoxy) is 3. The maximum Gasteiger partial charge on any atom is 0.410 e. The van der Waals surface area contributed by atoms with Crippen LogP contribution in [0.25, 0.3) is 0 Å². The summed E-state index contributed by atoms with van der Waals surface area (Å²) >= 11 is 0. The first-order chi connectivity index (χ1) is 21.8.